The third-order valence-electron chi connectivity index (χ3n) is 11.4. The fraction of sp³-hybridized carbons (Fsp3) is 1.00. The van der Waals surface area contributed by atoms with E-state index in [4.69, 9.17) is 0 Å². The van der Waals surface area contributed by atoms with Gasteiger partial charge in [0.05, 0.1) is 0 Å². The molecule has 0 aromatic carbocycles. The van der Waals surface area contributed by atoms with Gasteiger partial charge in [0.25, 0.3) is 0 Å². The molecule has 4 rings (SSSR count). The Morgan fingerprint density at radius 1 is 0.926 bits per heavy atom. The van der Waals surface area contributed by atoms with E-state index in [1.165, 1.54) is 44.9 Å². The van der Waals surface area contributed by atoms with Crippen LogP contribution < -0.4 is 0 Å². The third-order valence-corrected chi connectivity index (χ3v) is 11.4. The molecule has 0 bridgehead atoms. The van der Waals surface area contributed by atoms with Gasteiger partial charge in [-0.3, -0.25) is 0 Å². The fourth-order valence-corrected chi connectivity index (χ4v) is 9.82. The maximum atomic E-state index is 2.76. The molecule has 4 aliphatic carbocycles. The summed E-state index contributed by atoms with van der Waals surface area (Å²) in [6.45, 7) is 18.3. The first kappa shape index (κ1) is 20.3. The first-order valence-corrected chi connectivity index (χ1v) is 12.7. The molecule has 0 spiro atoms. The fourth-order valence-electron chi connectivity index (χ4n) is 9.82. The number of hydrogen-bond donors (Lipinski definition) is 0. The molecule has 0 aromatic heterocycles. The summed E-state index contributed by atoms with van der Waals surface area (Å²) in [6.07, 6.45) is 13.5. The van der Waals surface area contributed by atoms with Crippen molar-refractivity contribution >= 4 is 0 Å². The second kappa shape index (κ2) is 7.05. The Morgan fingerprint density at radius 2 is 1.67 bits per heavy atom. The van der Waals surface area contributed by atoms with E-state index in [-0.39, 0.29) is 0 Å². The van der Waals surface area contributed by atoms with Crippen LogP contribution in [0.25, 0.3) is 0 Å². The molecule has 5 unspecified atom stereocenters. The predicted octanol–water partition coefficient (Wildman–Crippen LogP) is 8.21. The molecule has 0 nitrogen and oxygen atoms in total. The summed E-state index contributed by atoms with van der Waals surface area (Å²) in [7, 11) is 0. The van der Waals surface area contributed by atoms with Gasteiger partial charge in [0.1, 0.15) is 0 Å². The van der Waals surface area contributed by atoms with Gasteiger partial charge < -0.3 is 0 Å². The normalized spacial score (nSPS) is 56.1. The highest BCUT2D eigenvalue weighted by atomic mass is 14.7. The second-order valence-electron chi connectivity index (χ2n) is 12.5. The smallest absolute Gasteiger partial charge is 0.0238 e. The summed E-state index contributed by atoms with van der Waals surface area (Å²) in [4.78, 5) is 0. The van der Waals surface area contributed by atoms with Crippen molar-refractivity contribution in [1.82, 2.24) is 0 Å². The Bertz CT molecular complexity index is 536. The molecule has 156 valence electrons. The van der Waals surface area contributed by atoms with Crippen LogP contribution >= 0.6 is 0 Å². The van der Waals surface area contributed by atoms with E-state index < -0.39 is 0 Å². The molecule has 0 heterocycles. The van der Waals surface area contributed by atoms with Crippen LogP contribution in [0.15, 0.2) is 0 Å². The van der Waals surface area contributed by atoms with Gasteiger partial charge in [0.2, 0.25) is 0 Å². The lowest BCUT2D eigenvalue weighted by atomic mass is 9.40. The van der Waals surface area contributed by atoms with Crippen molar-refractivity contribution in [2.24, 2.45) is 64.1 Å². The van der Waals surface area contributed by atoms with E-state index in [9.17, 15) is 0 Å². The molecular formula is C27H48. The molecule has 0 N–H and O–H groups in total. The molecule has 0 aromatic rings. The molecule has 27 heavy (non-hydrogen) atoms. The van der Waals surface area contributed by atoms with Crippen molar-refractivity contribution in [2.45, 2.75) is 106 Å². The Balaban J connectivity index is 1.66. The molecule has 4 fully saturated rings. The molecule has 0 amide bonds. The van der Waals surface area contributed by atoms with Gasteiger partial charge in [-0.05, 0) is 103 Å². The van der Waals surface area contributed by atoms with Crippen molar-refractivity contribution in [3.63, 3.8) is 0 Å². The third kappa shape index (κ3) is 2.89. The summed E-state index contributed by atoms with van der Waals surface area (Å²) < 4.78 is 0. The van der Waals surface area contributed by atoms with E-state index in [2.05, 4.69) is 48.5 Å². The Morgan fingerprint density at radius 3 is 2.37 bits per heavy atom. The highest BCUT2D eigenvalue weighted by Crippen LogP contribution is 2.71. The van der Waals surface area contributed by atoms with E-state index in [0.717, 1.165) is 53.3 Å². The summed E-state index contributed by atoms with van der Waals surface area (Å²) >= 11 is 0. The van der Waals surface area contributed by atoms with Gasteiger partial charge >= 0.3 is 0 Å². The average molecular weight is 373 g/mol. The largest absolute Gasteiger partial charge is 0.0654 e. The van der Waals surface area contributed by atoms with Crippen molar-refractivity contribution in [2.75, 3.05) is 0 Å². The van der Waals surface area contributed by atoms with E-state index in [1.54, 1.807) is 12.8 Å². The van der Waals surface area contributed by atoms with Crippen LogP contribution in [0, 0.1) is 64.1 Å². The summed E-state index contributed by atoms with van der Waals surface area (Å²) in [5, 5.41) is 0. The summed E-state index contributed by atoms with van der Waals surface area (Å²) in [5.74, 6) is 8.88. The minimum atomic E-state index is 0.620. The molecular weight excluding hydrogens is 324 g/mol. The summed E-state index contributed by atoms with van der Waals surface area (Å²) in [5.41, 5.74) is 1.28. The zero-order valence-corrected chi connectivity index (χ0v) is 19.6. The first-order valence-electron chi connectivity index (χ1n) is 12.7. The first-order chi connectivity index (χ1) is 12.7. The maximum Gasteiger partial charge on any atom is -0.0238 e. The lowest BCUT2D eigenvalue weighted by molar-refractivity contribution is -0.162. The lowest BCUT2D eigenvalue weighted by Gasteiger charge is -2.65. The van der Waals surface area contributed by atoms with E-state index in [0.29, 0.717) is 10.8 Å². The van der Waals surface area contributed by atoms with Crippen molar-refractivity contribution < 1.29 is 0 Å². The van der Waals surface area contributed by atoms with Gasteiger partial charge in [-0.2, -0.15) is 0 Å². The monoisotopic (exact) mass is 372 g/mol. The Hall–Kier alpha value is 0. The highest BCUT2D eigenvalue weighted by Gasteiger charge is 2.64. The second-order valence-corrected chi connectivity index (χ2v) is 12.5. The number of hydrogen-bond acceptors (Lipinski definition) is 0. The topological polar surface area (TPSA) is 0 Å². The van der Waals surface area contributed by atoms with Gasteiger partial charge in [-0.1, -0.05) is 67.7 Å². The molecule has 4 aliphatic rings. The van der Waals surface area contributed by atoms with Gasteiger partial charge in [-0.15, -0.1) is 0 Å². The quantitative estimate of drug-likeness (QED) is 0.468. The minimum Gasteiger partial charge on any atom is -0.0654 e. The van der Waals surface area contributed by atoms with Crippen LogP contribution in [0.5, 0.6) is 0 Å². The Kier molecular flexibility index (Phi) is 5.30. The maximum absolute atomic E-state index is 2.76. The van der Waals surface area contributed by atoms with Crippen LogP contribution in [0.2, 0.25) is 0 Å². The SMILES string of the molecule is CCC[C@@H](C)C1CC[C@H]2[C@H]3C(C)C[C@@H]4C[C@H](C)CCC4(C)C3CC(C)[C@]12C. The number of rotatable bonds is 3. The zero-order valence-electron chi connectivity index (χ0n) is 19.6. The minimum absolute atomic E-state index is 0.620. The average Bonchev–Trinajstić information content (AvgIpc) is 2.96. The zero-order chi connectivity index (χ0) is 19.6. The van der Waals surface area contributed by atoms with Gasteiger partial charge in [0, 0.05) is 0 Å². The standard InChI is InChI=1S/C27H48/c1-8-9-18(3)22-10-11-23-25-19(4)15-21-14-17(2)12-13-26(21,6)24(25)16-20(5)27(22,23)7/h17-25H,8-16H2,1-7H3/t17-,18-,19?,20?,21+,22?,23+,24?,25-,26?,27-/m1/s1. The molecule has 4 saturated carbocycles. The van der Waals surface area contributed by atoms with Crippen molar-refractivity contribution in [3.8, 4) is 0 Å². The predicted molar refractivity (Wildman–Crippen MR) is 118 cm³/mol. The van der Waals surface area contributed by atoms with E-state index >= 15 is 0 Å². The van der Waals surface area contributed by atoms with Crippen LogP contribution in [0.4, 0.5) is 0 Å². The summed E-state index contributed by atoms with van der Waals surface area (Å²) in [6, 6.07) is 0. The van der Waals surface area contributed by atoms with Gasteiger partial charge in [0.15, 0.2) is 0 Å². The van der Waals surface area contributed by atoms with Crippen LogP contribution in [0.3, 0.4) is 0 Å². The van der Waals surface area contributed by atoms with Crippen LogP contribution in [-0.2, 0) is 0 Å². The number of fused-ring (bicyclic) bond motifs is 5. The highest BCUT2D eigenvalue weighted by molar-refractivity contribution is 5.12. The van der Waals surface area contributed by atoms with Crippen molar-refractivity contribution in [1.29, 1.82) is 0 Å². The molecule has 0 heteroatoms. The molecule has 0 saturated heterocycles. The van der Waals surface area contributed by atoms with Gasteiger partial charge in [-0.25, -0.2) is 0 Å². The lowest BCUT2D eigenvalue weighted by Crippen LogP contribution is -2.58. The Labute approximate surface area is 170 Å². The molecule has 0 aliphatic heterocycles. The van der Waals surface area contributed by atoms with Crippen molar-refractivity contribution in [3.05, 3.63) is 0 Å². The van der Waals surface area contributed by atoms with E-state index in [1.807, 2.05) is 0 Å². The van der Waals surface area contributed by atoms with Crippen LogP contribution in [-0.4, -0.2) is 0 Å². The van der Waals surface area contributed by atoms with Crippen LogP contribution in [0.1, 0.15) is 106 Å². The molecule has 0 radical (unpaired) electrons. The molecule has 11 atom stereocenters.